The molecule has 0 bridgehead atoms. The fourth-order valence-corrected chi connectivity index (χ4v) is 3.25. The smallest absolute Gasteiger partial charge is 0.100 e. The van der Waals surface area contributed by atoms with E-state index in [9.17, 15) is 5.11 Å². The van der Waals surface area contributed by atoms with E-state index in [0.717, 1.165) is 28.5 Å². The Bertz CT molecular complexity index is 328. The van der Waals surface area contributed by atoms with Crippen molar-refractivity contribution in [2.75, 3.05) is 0 Å². The first kappa shape index (κ1) is 10.4. The van der Waals surface area contributed by atoms with Crippen molar-refractivity contribution in [3.63, 3.8) is 0 Å². The van der Waals surface area contributed by atoms with Crippen LogP contribution in [0.15, 0.2) is 12.1 Å². The summed E-state index contributed by atoms with van der Waals surface area (Å²) in [4.78, 5) is 0.956. The number of aliphatic hydroxyl groups is 1. The highest BCUT2D eigenvalue weighted by Gasteiger charge is 2.35. The van der Waals surface area contributed by atoms with Gasteiger partial charge in [-0.3, -0.25) is 0 Å². The molecule has 1 aromatic heterocycles. The summed E-state index contributed by atoms with van der Waals surface area (Å²) < 4.78 is 0.729. The molecule has 1 aliphatic carbocycles. The molecule has 0 saturated heterocycles. The molecule has 1 fully saturated rings. The predicted molar refractivity (Wildman–Crippen MR) is 59.7 cm³/mol. The lowest BCUT2D eigenvalue weighted by atomic mass is 9.81. The molecular weight excluding hydrogens is 218 g/mol. The van der Waals surface area contributed by atoms with E-state index in [-0.39, 0.29) is 6.04 Å². The SMILES string of the molecule is NC1CCCC(O)(c2ccc(Cl)s2)C1. The Balaban J connectivity index is 2.22. The van der Waals surface area contributed by atoms with Crippen molar-refractivity contribution >= 4 is 22.9 Å². The number of halogens is 1. The van der Waals surface area contributed by atoms with E-state index < -0.39 is 5.60 Å². The quantitative estimate of drug-likeness (QED) is 0.780. The molecule has 0 radical (unpaired) electrons. The van der Waals surface area contributed by atoms with Crippen LogP contribution in [0.4, 0.5) is 0 Å². The highest BCUT2D eigenvalue weighted by Crippen LogP contribution is 2.40. The number of hydrogen-bond acceptors (Lipinski definition) is 3. The van der Waals surface area contributed by atoms with Crippen LogP contribution >= 0.6 is 22.9 Å². The molecule has 1 aromatic rings. The van der Waals surface area contributed by atoms with Gasteiger partial charge in [-0.15, -0.1) is 11.3 Å². The molecule has 14 heavy (non-hydrogen) atoms. The molecule has 0 spiro atoms. The maximum absolute atomic E-state index is 10.4. The van der Waals surface area contributed by atoms with Gasteiger partial charge in [0.2, 0.25) is 0 Å². The largest absolute Gasteiger partial charge is 0.384 e. The van der Waals surface area contributed by atoms with Gasteiger partial charge in [0.05, 0.1) is 4.34 Å². The summed E-state index contributed by atoms with van der Waals surface area (Å²) in [5.74, 6) is 0. The van der Waals surface area contributed by atoms with Gasteiger partial charge >= 0.3 is 0 Å². The number of rotatable bonds is 1. The van der Waals surface area contributed by atoms with Crippen LogP contribution in [0.1, 0.15) is 30.6 Å². The Hall–Kier alpha value is -0.0900. The number of hydrogen-bond donors (Lipinski definition) is 2. The van der Waals surface area contributed by atoms with Gasteiger partial charge in [0, 0.05) is 10.9 Å². The van der Waals surface area contributed by atoms with Gasteiger partial charge in [-0.2, -0.15) is 0 Å². The van der Waals surface area contributed by atoms with Crippen molar-refractivity contribution in [1.82, 2.24) is 0 Å². The lowest BCUT2D eigenvalue weighted by Gasteiger charge is -2.34. The van der Waals surface area contributed by atoms with E-state index >= 15 is 0 Å². The summed E-state index contributed by atoms with van der Waals surface area (Å²) in [6.45, 7) is 0. The van der Waals surface area contributed by atoms with Crippen molar-refractivity contribution in [2.45, 2.75) is 37.3 Å². The van der Waals surface area contributed by atoms with Crippen molar-refractivity contribution in [1.29, 1.82) is 0 Å². The Morgan fingerprint density at radius 3 is 2.93 bits per heavy atom. The molecule has 2 unspecified atom stereocenters. The van der Waals surface area contributed by atoms with Crippen molar-refractivity contribution in [3.8, 4) is 0 Å². The molecule has 1 heterocycles. The van der Waals surface area contributed by atoms with Gasteiger partial charge in [0.1, 0.15) is 5.60 Å². The zero-order valence-corrected chi connectivity index (χ0v) is 9.44. The van der Waals surface area contributed by atoms with Crippen molar-refractivity contribution in [2.24, 2.45) is 5.73 Å². The van der Waals surface area contributed by atoms with Crippen LogP contribution < -0.4 is 5.73 Å². The van der Waals surface area contributed by atoms with Gasteiger partial charge in [-0.25, -0.2) is 0 Å². The summed E-state index contributed by atoms with van der Waals surface area (Å²) in [6.07, 6.45) is 3.47. The zero-order chi connectivity index (χ0) is 10.2. The Morgan fingerprint density at radius 1 is 1.57 bits per heavy atom. The van der Waals surface area contributed by atoms with Crippen LogP contribution in [0.5, 0.6) is 0 Å². The van der Waals surface area contributed by atoms with E-state index in [1.165, 1.54) is 11.3 Å². The number of thiophene rings is 1. The van der Waals surface area contributed by atoms with Gasteiger partial charge in [-0.05, 0) is 37.8 Å². The van der Waals surface area contributed by atoms with E-state index in [1.54, 1.807) is 0 Å². The third-order valence-electron chi connectivity index (χ3n) is 2.80. The van der Waals surface area contributed by atoms with Crippen LogP contribution in [0, 0.1) is 0 Å². The summed E-state index contributed by atoms with van der Waals surface area (Å²) in [5, 5.41) is 10.4. The van der Waals surface area contributed by atoms with Crippen LogP contribution in [0.25, 0.3) is 0 Å². The summed E-state index contributed by atoms with van der Waals surface area (Å²) in [7, 11) is 0. The molecule has 0 amide bonds. The average molecular weight is 232 g/mol. The first-order valence-corrected chi connectivity index (χ1v) is 6.03. The van der Waals surface area contributed by atoms with Gasteiger partial charge < -0.3 is 10.8 Å². The maximum atomic E-state index is 10.4. The molecule has 78 valence electrons. The van der Waals surface area contributed by atoms with Crippen LogP contribution in [0.3, 0.4) is 0 Å². The van der Waals surface area contributed by atoms with Gasteiger partial charge in [0.25, 0.3) is 0 Å². The normalized spacial score (nSPS) is 33.2. The standard InChI is InChI=1S/C10H14ClNOS/c11-9-4-3-8(14-9)10(13)5-1-2-7(12)6-10/h3-4,7,13H,1-2,5-6,12H2. The van der Waals surface area contributed by atoms with Gasteiger partial charge in [0.15, 0.2) is 0 Å². The Kier molecular flexibility index (Phi) is 2.84. The molecule has 2 atom stereocenters. The lowest BCUT2D eigenvalue weighted by Crippen LogP contribution is -2.38. The monoisotopic (exact) mass is 231 g/mol. The molecule has 0 aliphatic heterocycles. The summed E-state index contributed by atoms with van der Waals surface area (Å²) >= 11 is 7.31. The molecule has 2 nitrogen and oxygen atoms in total. The first-order chi connectivity index (χ1) is 6.60. The molecule has 0 aromatic carbocycles. The highest BCUT2D eigenvalue weighted by atomic mass is 35.5. The molecule has 3 N–H and O–H groups in total. The van der Waals surface area contributed by atoms with E-state index in [1.807, 2.05) is 12.1 Å². The third kappa shape index (κ3) is 1.96. The minimum Gasteiger partial charge on any atom is -0.384 e. The van der Waals surface area contributed by atoms with Crippen LogP contribution in [0.2, 0.25) is 4.34 Å². The minimum atomic E-state index is -0.727. The first-order valence-electron chi connectivity index (χ1n) is 4.84. The molecule has 1 aliphatic rings. The molecule has 4 heteroatoms. The second kappa shape index (κ2) is 3.81. The van der Waals surface area contributed by atoms with E-state index in [0.29, 0.717) is 6.42 Å². The predicted octanol–water partition coefficient (Wildman–Crippen LogP) is 2.49. The summed E-state index contributed by atoms with van der Waals surface area (Å²) in [5.41, 5.74) is 5.14. The minimum absolute atomic E-state index is 0.120. The molecular formula is C10H14ClNOS. The second-order valence-corrected chi connectivity index (χ2v) is 5.71. The zero-order valence-electron chi connectivity index (χ0n) is 7.87. The van der Waals surface area contributed by atoms with Crippen molar-refractivity contribution < 1.29 is 5.11 Å². The fraction of sp³-hybridized carbons (Fsp3) is 0.600. The topological polar surface area (TPSA) is 46.2 Å². The second-order valence-electron chi connectivity index (χ2n) is 3.99. The number of nitrogens with two attached hydrogens (primary N) is 1. The lowest BCUT2D eigenvalue weighted by molar-refractivity contribution is -0.00379. The van der Waals surface area contributed by atoms with E-state index in [2.05, 4.69) is 0 Å². The summed E-state index contributed by atoms with van der Waals surface area (Å²) in [6, 6.07) is 3.86. The van der Waals surface area contributed by atoms with E-state index in [4.69, 9.17) is 17.3 Å². The highest BCUT2D eigenvalue weighted by molar-refractivity contribution is 7.16. The Morgan fingerprint density at radius 2 is 2.36 bits per heavy atom. The van der Waals surface area contributed by atoms with Crippen LogP contribution in [-0.4, -0.2) is 11.1 Å². The third-order valence-corrected chi connectivity index (χ3v) is 4.22. The Labute approximate surface area is 92.7 Å². The molecule has 2 rings (SSSR count). The molecule has 1 saturated carbocycles. The van der Waals surface area contributed by atoms with Gasteiger partial charge in [-0.1, -0.05) is 11.6 Å². The van der Waals surface area contributed by atoms with Crippen LogP contribution in [-0.2, 0) is 5.60 Å². The maximum Gasteiger partial charge on any atom is 0.100 e. The fourth-order valence-electron chi connectivity index (χ4n) is 2.08. The average Bonchev–Trinajstić information content (AvgIpc) is 2.52. The van der Waals surface area contributed by atoms with Crippen molar-refractivity contribution in [3.05, 3.63) is 21.3 Å².